The van der Waals surface area contributed by atoms with Gasteiger partial charge in [-0.25, -0.2) is 9.97 Å². The third-order valence-corrected chi connectivity index (χ3v) is 5.77. The second-order valence-corrected chi connectivity index (χ2v) is 7.79. The Hall–Kier alpha value is -4.19. The van der Waals surface area contributed by atoms with Gasteiger partial charge in [0.15, 0.2) is 0 Å². The maximum Gasteiger partial charge on any atom is 0.254 e. The Morgan fingerprint density at radius 1 is 1.03 bits per heavy atom. The predicted octanol–water partition coefficient (Wildman–Crippen LogP) is 4.64. The fraction of sp³-hybridized carbons (Fsp3) is 0.115. The summed E-state index contributed by atoms with van der Waals surface area (Å²) in [6.45, 7) is 1.28. The molecule has 0 atom stereocenters. The van der Waals surface area contributed by atoms with E-state index in [2.05, 4.69) is 39.2 Å². The number of carbonyl (C=O) groups is 1. The van der Waals surface area contributed by atoms with Crippen LogP contribution in [0.25, 0.3) is 28.5 Å². The second kappa shape index (κ2) is 8.51. The molecular weight excluding hydrogens is 398 g/mol. The van der Waals surface area contributed by atoms with Crippen LogP contribution in [-0.4, -0.2) is 38.8 Å². The van der Waals surface area contributed by atoms with E-state index in [-0.39, 0.29) is 5.91 Å². The predicted molar refractivity (Wildman–Crippen MR) is 129 cm³/mol. The van der Waals surface area contributed by atoms with Gasteiger partial charge in [-0.2, -0.15) is 0 Å². The standard InChI is InChI=1S/C26H23N5O/c27-25-23-17-22(7-6-20(23)9-12-30-25)19-10-15-31(16-11-19)26(32)21-4-1-18(2-5-21)3-8-24-28-13-14-29-24/h1-10,12-14,17H,11,15-16H2,(H2,27,30)(H,28,29)/b8-3+. The van der Waals surface area contributed by atoms with E-state index in [0.29, 0.717) is 24.5 Å². The molecule has 4 aromatic rings. The van der Waals surface area contributed by atoms with E-state index in [1.807, 2.05) is 47.4 Å². The van der Waals surface area contributed by atoms with E-state index in [4.69, 9.17) is 5.73 Å². The number of aromatic amines is 1. The Kier molecular flexibility index (Phi) is 5.25. The number of benzene rings is 2. The van der Waals surface area contributed by atoms with Gasteiger partial charge in [-0.3, -0.25) is 4.79 Å². The number of nitrogens with zero attached hydrogens (tertiary/aromatic N) is 3. The maximum atomic E-state index is 13.0. The fourth-order valence-corrected chi connectivity index (χ4v) is 3.97. The van der Waals surface area contributed by atoms with Gasteiger partial charge in [-0.05, 0) is 58.8 Å². The molecule has 0 saturated heterocycles. The molecule has 1 aliphatic heterocycles. The van der Waals surface area contributed by atoms with Gasteiger partial charge in [-0.15, -0.1) is 0 Å². The number of nitrogens with one attached hydrogen (secondary N) is 1. The highest BCUT2D eigenvalue weighted by atomic mass is 16.2. The van der Waals surface area contributed by atoms with E-state index in [0.717, 1.165) is 34.1 Å². The Labute approximate surface area is 186 Å². The number of hydrogen-bond donors (Lipinski definition) is 2. The van der Waals surface area contributed by atoms with Crippen molar-refractivity contribution in [3.8, 4) is 0 Å². The van der Waals surface area contributed by atoms with Gasteiger partial charge in [0.25, 0.3) is 5.91 Å². The largest absolute Gasteiger partial charge is 0.383 e. The molecule has 6 nitrogen and oxygen atoms in total. The lowest BCUT2D eigenvalue weighted by Gasteiger charge is -2.27. The van der Waals surface area contributed by atoms with E-state index in [1.165, 1.54) is 5.57 Å². The molecule has 3 heterocycles. The number of carbonyl (C=O) groups excluding carboxylic acids is 1. The molecule has 0 fully saturated rings. The van der Waals surface area contributed by atoms with Crippen LogP contribution in [0.1, 0.15) is 33.7 Å². The second-order valence-electron chi connectivity index (χ2n) is 7.79. The number of nitrogens with two attached hydrogens (primary N) is 1. The lowest BCUT2D eigenvalue weighted by Crippen LogP contribution is -2.34. The van der Waals surface area contributed by atoms with Crippen LogP contribution >= 0.6 is 0 Å². The minimum atomic E-state index is 0.0498. The highest BCUT2D eigenvalue weighted by molar-refractivity contribution is 5.96. The molecule has 1 aliphatic rings. The normalized spacial score (nSPS) is 14.1. The lowest BCUT2D eigenvalue weighted by atomic mass is 9.96. The molecule has 158 valence electrons. The number of aromatic nitrogens is 3. The molecule has 0 saturated carbocycles. The van der Waals surface area contributed by atoms with Gasteiger partial charge >= 0.3 is 0 Å². The number of H-pyrrole nitrogens is 1. The van der Waals surface area contributed by atoms with E-state index in [9.17, 15) is 4.79 Å². The summed E-state index contributed by atoms with van der Waals surface area (Å²) in [5.41, 5.74) is 10.1. The summed E-state index contributed by atoms with van der Waals surface area (Å²) in [5.74, 6) is 1.39. The van der Waals surface area contributed by atoms with Crippen LogP contribution in [0.4, 0.5) is 5.82 Å². The average molecular weight is 422 g/mol. The van der Waals surface area contributed by atoms with Crippen molar-refractivity contribution in [1.29, 1.82) is 0 Å². The minimum absolute atomic E-state index is 0.0498. The first-order valence-electron chi connectivity index (χ1n) is 10.6. The fourth-order valence-electron chi connectivity index (χ4n) is 3.97. The molecule has 2 aromatic carbocycles. The molecule has 6 heteroatoms. The van der Waals surface area contributed by atoms with Gasteiger partial charge in [0.2, 0.25) is 0 Å². The Balaban J connectivity index is 1.27. The van der Waals surface area contributed by atoms with Gasteiger partial charge in [-0.1, -0.05) is 36.4 Å². The first kappa shape index (κ1) is 19.8. The molecule has 1 amide bonds. The van der Waals surface area contributed by atoms with Crippen molar-refractivity contribution in [3.63, 3.8) is 0 Å². The quantitative estimate of drug-likeness (QED) is 0.502. The minimum Gasteiger partial charge on any atom is -0.383 e. The van der Waals surface area contributed by atoms with Gasteiger partial charge in [0, 0.05) is 42.6 Å². The summed E-state index contributed by atoms with van der Waals surface area (Å²) < 4.78 is 0. The summed E-state index contributed by atoms with van der Waals surface area (Å²) in [4.78, 5) is 26.2. The molecule has 0 aliphatic carbocycles. The molecule has 0 bridgehead atoms. The number of nitrogen functional groups attached to an aromatic ring is 1. The zero-order valence-corrected chi connectivity index (χ0v) is 17.5. The number of imidazole rings is 1. The zero-order valence-electron chi connectivity index (χ0n) is 17.5. The van der Waals surface area contributed by atoms with Crippen LogP contribution < -0.4 is 5.73 Å². The van der Waals surface area contributed by atoms with Gasteiger partial charge in [0.05, 0.1) is 0 Å². The number of hydrogen-bond acceptors (Lipinski definition) is 4. The molecule has 5 rings (SSSR count). The molecule has 32 heavy (non-hydrogen) atoms. The molecular formula is C26H23N5O. The monoisotopic (exact) mass is 421 g/mol. The molecule has 3 N–H and O–H groups in total. The SMILES string of the molecule is Nc1nccc2ccc(C3=CCN(C(=O)c4ccc(/C=C/c5ncc[nH]5)cc4)CC3)cc12. The van der Waals surface area contributed by atoms with Crippen LogP contribution in [-0.2, 0) is 0 Å². The van der Waals surface area contributed by atoms with Crippen molar-refractivity contribution >= 4 is 40.2 Å². The van der Waals surface area contributed by atoms with E-state index >= 15 is 0 Å². The highest BCUT2D eigenvalue weighted by Crippen LogP contribution is 2.28. The summed E-state index contributed by atoms with van der Waals surface area (Å²) in [6.07, 6.45) is 12.0. The van der Waals surface area contributed by atoms with Crippen LogP contribution in [0.5, 0.6) is 0 Å². The third kappa shape index (κ3) is 4.03. The number of pyridine rings is 1. The van der Waals surface area contributed by atoms with Crippen molar-refractivity contribution in [3.05, 3.63) is 95.7 Å². The van der Waals surface area contributed by atoms with Gasteiger partial charge < -0.3 is 15.6 Å². The first-order valence-corrected chi connectivity index (χ1v) is 10.6. The van der Waals surface area contributed by atoms with Crippen molar-refractivity contribution in [2.75, 3.05) is 18.8 Å². The highest BCUT2D eigenvalue weighted by Gasteiger charge is 2.19. The Bertz CT molecular complexity index is 1320. The topological polar surface area (TPSA) is 87.9 Å². The van der Waals surface area contributed by atoms with Crippen molar-refractivity contribution in [2.24, 2.45) is 0 Å². The van der Waals surface area contributed by atoms with Crippen LogP contribution in [0.3, 0.4) is 0 Å². The molecule has 2 aromatic heterocycles. The number of amides is 1. The summed E-state index contributed by atoms with van der Waals surface area (Å²) in [7, 11) is 0. The number of anilines is 1. The first-order chi connectivity index (χ1) is 15.7. The van der Waals surface area contributed by atoms with Crippen molar-refractivity contribution < 1.29 is 4.79 Å². The van der Waals surface area contributed by atoms with Crippen molar-refractivity contribution in [2.45, 2.75) is 6.42 Å². The summed E-state index contributed by atoms with van der Waals surface area (Å²) >= 11 is 0. The molecule has 0 radical (unpaired) electrons. The van der Waals surface area contributed by atoms with Crippen molar-refractivity contribution in [1.82, 2.24) is 19.9 Å². The average Bonchev–Trinajstić information content (AvgIpc) is 3.37. The summed E-state index contributed by atoms with van der Waals surface area (Å²) in [6, 6.07) is 15.9. The summed E-state index contributed by atoms with van der Waals surface area (Å²) in [5, 5.41) is 2.04. The third-order valence-electron chi connectivity index (χ3n) is 5.77. The number of fused-ring (bicyclic) bond motifs is 1. The molecule has 0 unspecified atom stereocenters. The van der Waals surface area contributed by atoms with E-state index < -0.39 is 0 Å². The Morgan fingerprint density at radius 3 is 2.66 bits per heavy atom. The number of rotatable bonds is 4. The smallest absolute Gasteiger partial charge is 0.254 e. The van der Waals surface area contributed by atoms with Crippen LogP contribution in [0.2, 0.25) is 0 Å². The van der Waals surface area contributed by atoms with Crippen LogP contribution in [0.15, 0.2) is 73.2 Å². The maximum absolute atomic E-state index is 13.0. The van der Waals surface area contributed by atoms with Crippen LogP contribution in [0, 0.1) is 0 Å². The van der Waals surface area contributed by atoms with Gasteiger partial charge in [0.1, 0.15) is 11.6 Å². The zero-order chi connectivity index (χ0) is 21.9. The van der Waals surface area contributed by atoms with E-state index in [1.54, 1.807) is 18.6 Å². The molecule has 0 spiro atoms. The lowest BCUT2D eigenvalue weighted by molar-refractivity contribution is 0.0773. The Morgan fingerprint density at radius 2 is 1.91 bits per heavy atom.